The number of rotatable bonds is 9. The molecule has 5 aromatic rings. The number of aromatic amines is 1. The van der Waals surface area contributed by atoms with Crippen LogP contribution in [-0.4, -0.2) is 65.4 Å². The molecule has 0 amide bonds. The van der Waals surface area contributed by atoms with Gasteiger partial charge in [-0.1, -0.05) is 54.9 Å². The summed E-state index contributed by atoms with van der Waals surface area (Å²) >= 11 is 0. The Morgan fingerprint density at radius 3 is 2.60 bits per heavy atom. The highest BCUT2D eigenvalue weighted by Gasteiger charge is 2.41. The molecule has 1 aliphatic heterocycles. The minimum atomic E-state index is -1.01. The van der Waals surface area contributed by atoms with Crippen LogP contribution in [0, 0.1) is 5.82 Å². The van der Waals surface area contributed by atoms with Crippen molar-refractivity contribution in [1.82, 2.24) is 29.3 Å². The van der Waals surface area contributed by atoms with Gasteiger partial charge in [0, 0.05) is 23.6 Å². The highest BCUT2D eigenvalue weighted by atomic mass is 19.1. The third-order valence-corrected chi connectivity index (χ3v) is 9.39. The van der Waals surface area contributed by atoms with Crippen molar-refractivity contribution in [3.8, 4) is 22.5 Å². The van der Waals surface area contributed by atoms with Gasteiger partial charge in [0.05, 0.1) is 25.0 Å². The van der Waals surface area contributed by atoms with E-state index in [1.165, 1.54) is 12.4 Å². The molecule has 1 saturated heterocycles. The van der Waals surface area contributed by atoms with Crippen LogP contribution in [0.3, 0.4) is 0 Å². The van der Waals surface area contributed by atoms with E-state index in [4.69, 9.17) is 9.47 Å². The van der Waals surface area contributed by atoms with E-state index in [0.717, 1.165) is 25.0 Å². The monoisotopic (exact) mass is 644 g/mol. The van der Waals surface area contributed by atoms with E-state index < -0.39 is 17.2 Å². The topological polar surface area (TPSA) is 150 Å². The number of nitrogens with one attached hydrogen (secondary N) is 1. The third-order valence-electron chi connectivity index (χ3n) is 9.39. The number of fused-ring (bicyclic) bond motifs is 1. The number of benzene rings is 2. The van der Waals surface area contributed by atoms with Crippen LogP contribution in [0.2, 0.25) is 0 Å². The predicted molar refractivity (Wildman–Crippen MR) is 170 cm³/mol. The molecule has 4 heterocycles. The Kier molecular flexibility index (Phi) is 8.37. The summed E-state index contributed by atoms with van der Waals surface area (Å²) in [7, 11) is 0. The fourth-order valence-electron chi connectivity index (χ4n) is 6.92. The molecule has 7 rings (SSSR count). The molecule has 0 spiro atoms. The number of nitrogens with zero attached hydrogens (tertiary/aromatic N) is 5. The quantitative estimate of drug-likeness (QED) is 0.240. The number of ether oxygens (including phenoxy) is 2. The largest absolute Gasteiger partial charge is 0.439 e. The van der Waals surface area contributed by atoms with E-state index in [2.05, 4.69) is 24.7 Å². The summed E-state index contributed by atoms with van der Waals surface area (Å²) in [5, 5.41) is 18.9. The van der Waals surface area contributed by atoms with Gasteiger partial charge in [-0.25, -0.2) is 13.7 Å². The summed E-state index contributed by atoms with van der Waals surface area (Å²) in [4.78, 5) is 33.0. The van der Waals surface area contributed by atoms with Crippen LogP contribution in [0.1, 0.15) is 68.8 Å². The van der Waals surface area contributed by atoms with Gasteiger partial charge in [0.2, 0.25) is 5.78 Å². The van der Waals surface area contributed by atoms with Crippen LogP contribution in [0.25, 0.3) is 28.3 Å². The van der Waals surface area contributed by atoms with Gasteiger partial charge in [0.15, 0.2) is 5.82 Å². The molecule has 0 bridgehead atoms. The second-order valence-corrected chi connectivity index (χ2v) is 12.7. The molecule has 0 radical (unpaired) electrons. The zero-order valence-corrected chi connectivity index (χ0v) is 26.3. The third kappa shape index (κ3) is 5.94. The number of aliphatic hydroxyl groups is 1. The lowest BCUT2D eigenvalue weighted by atomic mass is 9.91. The number of aromatic nitrogens is 6. The zero-order chi connectivity index (χ0) is 32.7. The fourth-order valence-corrected chi connectivity index (χ4v) is 6.92. The number of H-pyrrole nitrogens is 1. The van der Waals surface area contributed by atoms with E-state index in [0.29, 0.717) is 59.5 Å². The Balaban J connectivity index is 1.19. The molecule has 0 unspecified atom stereocenters. The summed E-state index contributed by atoms with van der Waals surface area (Å²) in [5.41, 5.74) is 2.26. The Morgan fingerprint density at radius 2 is 1.91 bits per heavy atom. The molecule has 1 aliphatic carbocycles. The smallest absolute Gasteiger partial charge is 0.385 e. The molecule has 12 nitrogen and oxygen atoms in total. The van der Waals surface area contributed by atoms with Crippen molar-refractivity contribution >= 4 is 5.78 Å². The summed E-state index contributed by atoms with van der Waals surface area (Å²) in [6, 6.07) is 12.0. The van der Waals surface area contributed by atoms with Crippen LogP contribution in [0.4, 0.5) is 4.39 Å². The number of hydrogen-bond acceptors (Lipinski definition) is 9. The summed E-state index contributed by atoms with van der Waals surface area (Å²) < 4.78 is 35.7. The number of hydrogen-bond donors (Lipinski definition) is 2. The van der Waals surface area contributed by atoms with Crippen molar-refractivity contribution in [2.24, 2.45) is 0 Å². The lowest BCUT2D eigenvalue weighted by Crippen LogP contribution is -2.43. The lowest BCUT2D eigenvalue weighted by Gasteiger charge is -2.34. The average Bonchev–Trinajstić information content (AvgIpc) is 3.80. The summed E-state index contributed by atoms with van der Waals surface area (Å²) in [6.45, 7) is 4.37. The minimum absolute atomic E-state index is 0.0462. The van der Waals surface area contributed by atoms with E-state index in [9.17, 15) is 14.7 Å². The molecule has 1 saturated carbocycles. The summed E-state index contributed by atoms with van der Waals surface area (Å²) in [5.74, 6) is -0.399. The van der Waals surface area contributed by atoms with Gasteiger partial charge in [-0.15, -0.1) is 0 Å². The number of aryl methyl sites for hydroxylation is 1. The van der Waals surface area contributed by atoms with E-state index in [1.807, 2.05) is 19.1 Å². The molecular weight excluding hydrogens is 607 g/mol. The highest BCUT2D eigenvalue weighted by molar-refractivity contribution is 5.80. The zero-order valence-electron chi connectivity index (χ0n) is 26.3. The first-order valence-corrected chi connectivity index (χ1v) is 16.1. The average molecular weight is 645 g/mol. The van der Waals surface area contributed by atoms with Crippen molar-refractivity contribution in [2.75, 3.05) is 13.2 Å². The Bertz CT molecular complexity index is 2020. The maximum Gasteiger partial charge on any atom is 0.439 e. The van der Waals surface area contributed by atoms with Crippen LogP contribution >= 0.6 is 0 Å². The first kappa shape index (κ1) is 31.2. The lowest BCUT2D eigenvalue weighted by molar-refractivity contribution is -0.109. The first-order valence-electron chi connectivity index (χ1n) is 16.1. The van der Waals surface area contributed by atoms with Crippen molar-refractivity contribution in [2.45, 2.75) is 82.6 Å². The molecule has 3 aromatic heterocycles. The minimum Gasteiger partial charge on any atom is -0.385 e. The second-order valence-electron chi connectivity index (χ2n) is 12.7. The van der Waals surface area contributed by atoms with Gasteiger partial charge in [-0.3, -0.25) is 18.9 Å². The highest BCUT2D eigenvalue weighted by Crippen LogP contribution is 2.34. The summed E-state index contributed by atoms with van der Waals surface area (Å²) in [6.07, 6.45) is 5.29. The Labute approximate surface area is 269 Å². The molecule has 13 heteroatoms. The normalized spacial score (nSPS) is 23.1. The van der Waals surface area contributed by atoms with Gasteiger partial charge >= 0.3 is 5.76 Å². The van der Waals surface area contributed by atoms with Gasteiger partial charge in [0.25, 0.3) is 5.56 Å². The maximum atomic E-state index is 15.9. The van der Waals surface area contributed by atoms with Crippen LogP contribution in [0.15, 0.2) is 62.9 Å². The Morgan fingerprint density at radius 1 is 1.13 bits per heavy atom. The maximum absolute atomic E-state index is 15.9. The molecule has 2 atom stereocenters. The van der Waals surface area contributed by atoms with Gasteiger partial charge in [0.1, 0.15) is 23.8 Å². The molecule has 2 aliphatic rings. The van der Waals surface area contributed by atoms with Gasteiger partial charge in [-0.05, 0) is 61.8 Å². The van der Waals surface area contributed by atoms with E-state index in [1.54, 1.807) is 40.3 Å². The number of halogens is 1. The molecular formula is C34H37FN6O6. The van der Waals surface area contributed by atoms with E-state index in [-0.39, 0.29) is 42.7 Å². The molecule has 2 aromatic carbocycles. The van der Waals surface area contributed by atoms with Crippen molar-refractivity contribution in [3.05, 3.63) is 92.3 Å². The van der Waals surface area contributed by atoms with Crippen LogP contribution in [-0.2, 0) is 22.3 Å². The molecule has 47 heavy (non-hydrogen) atoms. The predicted octanol–water partition coefficient (Wildman–Crippen LogP) is 4.23. The molecule has 2 fully saturated rings. The van der Waals surface area contributed by atoms with Crippen molar-refractivity contribution < 1.29 is 23.5 Å². The molecule has 246 valence electrons. The standard InChI is InChI=1S/C34H37FN6O6/c1-3-6-28-26(15-21-10-9-20(16-27(21)35)24-7-4-5-8-25(24)30-38-33(43)47-39-30)31(42)40(32-36-19-37-41(28)32)22-11-13-23(14-12-22)46-29-17-45-18-34(29,2)44/h4-5,7-10,16,19,22-23,29,44H,3,6,11-15,17-18H2,1-2H3,(H,38,39,43)/t22?,23?,29-,34+/m0/s1. The van der Waals surface area contributed by atoms with Crippen LogP contribution in [0.5, 0.6) is 0 Å². The van der Waals surface area contributed by atoms with Crippen molar-refractivity contribution in [3.63, 3.8) is 0 Å². The first-order chi connectivity index (χ1) is 22.7. The van der Waals surface area contributed by atoms with Crippen LogP contribution < -0.4 is 11.3 Å². The van der Waals surface area contributed by atoms with Gasteiger partial charge < -0.3 is 14.6 Å². The van der Waals surface area contributed by atoms with E-state index >= 15 is 4.39 Å². The van der Waals surface area contributed by atoms with Gasteiger partial charge in [-0.2, -0.15) is 10.1 Å². The second kappa shape index (κ2) is 12.6. The Hall–Kier alpha value is -4.46. The SMILES string of the molecule is CCCc1c(Cc2ccc(-c3ccccc3-c3noc(=O)[nH]3)cc2F)c(=O)n(C2CCC(O[C@H]3COC[C@@]3(C)O)CC2)c2ncnn12. The fraction of sp³-hybridized carbons (Fsp3) is 0.441. The molecule has 2 N–H and O–H groups in total. The van der Waals surface area contributed by atoms with Crippen molar-refractivity contribution in [1.29, 1.82) is 0 Å².